The van der Waals surface area contributed by atoms with Crippen LogP contribution in [0.1, 0.15) is 16.8 Å². The van der Waals surface area contributed by atoms with E-state index in [0.29, 0.717) is 6.54 Å². The van der Waals surface area contributed by atoms with Crippen molar-refractivity contribution in [1.82, 2.24) is 16.0 Å². The van der Waals surface area contributed by atoms with Gasteiger partial charge in [-0.25, -0.2) is 0 Å². The molecule has 28 heavy (non-hydrogen) atoms. The van der Waals surface area contributed by atoms with Crippen LogP contribution in [-0.4, -0.2) is 54.1 Å². The normalized spacial score (nSPS) is 15.8. The minimum atomic E-state index is -4.88. The monoisotopic (exact) mass is 409 g/mol. The standard InChI is InChI=1S/C14H17F3N4O3.HNO3/c15-14(16,17)24-9-1-2-11(18)10(5-9)13(23)20-7-12(22)21-8-3-4-19-6-8;2-1(3)4/h1-2,5,8,19H,3-4,6-7,18H2,(H,20,23)(H,21,22);(H,2,3,4). The number of halogens is 3. The number of benzene rings is 1. The molecule has 0 spiro atoms. The Labute approximate surface area is 156 Å². The van der Waals surface area contributed by atoms with E-state index in [1.807, 2.05) is 0 Å². The lowest BCUT2D eigenvalue weighted by molar-refractivity contribution is -0.742. The molecule has 0 aromatic heterocycles. The Balaban J connectivity index is 0.000000892. The first-order chi connectivity index (χ1) is 13.0. The van der Waals surface area contributed by atoms with Gasteiger partial charge in [0, 0.05) is 18.3 Å². The molecule has 1 heterocycles. The minimum absolute atomic E-state index is 0.00276. The van der Waals surface area contributed by atoms with Gasteiger partial charge in [0.05, 0.1) is 12.1 Å². The molecule has 1 saturated heterocycles. The van der Waals surface area contributed by atoms with Crippen LogP contribution in [0.25, 0.3) is 0 Å². The molecule has 1 aromatic carbocycles. The third kappa shape index (κ3) is 8.88. The van der Waals surface area contributed by atoms with E-state index < -0.39 is 29.0 Å². The van der Waals surface area contributed by atoms with Crippen molar-refractivity contribution >= 4 is 17.5 Å². The molecule has 1 aliphatic heterocycles. The molecule has 11 nitrogen and oxygen atoms in total. The number of nitrogens with one attached hydrogen (secondary N) is 3. The Bertz CT molecular complexity index is 705. The SMILES string of the molecule is Nc1ccc(OC(F)(F)F)cc1C(=O)NCC(=O)NC1CCNC1.O=[N+]([O-])O. The summed E-state index contributed by atoms with van der Waals surface area (Å²) >= 11 is 0. The number of nitrogens with two attached hydrogens (primary N) is 1. The molecule has 1 unspecified atom stereocenters. The van der Waals surface area contributed by atoms with E-state index in [1.165, 1.54) is 0 Å². The van der Waals surface area contributed by atoms with Crippen molar-refractivity contribution in [3.8, 4) is 5.75 Å². The third-order valence-electron chi connectivity index (χ3n) is 3.34. The maximum absolute atomic E-state index is 12.2. The summed E-state index contributed by atoms with van der Waals surface area (Å²) < 4.78 is 40.4. The summed E-state index contributed by atoms with van der Waals surface area (Å²) in [4.78, 5) is 32.1. The van der Waals surface area contributed by atoms with E-state index in [9.17, 15) is 22.8 Å². The van der Waals surface area contributed by atoms with Gasteiger partial charge in [-0.2, -0.15) is 0 Å². The number of carbonyl (C=O) groups excluding carboxylic acids is 2. The molecule has 1 aromatic rings. The maximum atomic E-state index is 12.2. The molecule has 156 valence electrons. The summed E-state index contributed by atoms with van der Waals surface area (Å²) in [5, 5.41) is 21.8. The van der Waals surface area contributed by atoms with Crippen LogP contribution in [0.5, 0.6) is 5.75 Å². The summed E-state index contributed by atoms with van der Waals surface area (Å²) in [6.07, 6.45) is -4.08. The van der Waals surface area contributed by atoms with Gasteiger partial charge in [-0.05, 0) is 31.2 Å². The molecule has 2 rings (SSSR count). The Hall–Kier alpha value is -3.29. The number of alkyl halides is 3. The number of nitrogen functional groups attached to an aromatic ring is 1. The largest absolute Gasteiger partial charge is 0.573 e. The van der Waals surface area contributed by atoms with Gasteiger partial charge < -0.3 is 31.6 Å². The van der Waals surface area contributed by atoms with Crippen LogP contribution in [0.3, 0.4) is 0 Å². The fourth-order valence-electron chi connectivity index (χ4n) is 2.24. The van der Waals surface area contributed by atoms with Crippen molar-refractivity contribution < 1.29 is 37.8 Å². The number of carbonyl (C=O) groups is 2. The first-order valence-corrected chi connectivity index (χ1v) is 7.74. The van der Waals surface area contributed by atoms with Crippen LogP contribution in [0, 0.1) is 10.1 Å². The van der Waals surface area contributed by atoms with Crippen LogP contribution in [-0.2, 0) is 4.79 Å². The number of hydrogen-bond donors (Lipinski definition) is 5. The van der Waals surface area contributed by atoms with E-state index in [0.717, 1.165) is 31.2 Å². The second-order valence-electron chi connectivity index (χ2n) is 5.47. The molecule has 0 radical (unpaired) electrons. The van der Waals surface area contributed by atoms with Gasteiger partial charge in [-0.15, -0.1) is 23.3 Å². The summed E-state index contributed by atoms with van der Waals surface area (Å²) in [6, 6.07) is 3.00. The number of amides is 2. The minimum Gasteiger partial charge on any atom is -0.406 e. The number of hydrogen-bond acceptors (Lipinski definition) is 7. The summed E-state index contributed by atoms with van der Waals surface area (Å²) in [5.74, 6) is -1.72. The van der Waals surface area contributed by atoms with E-state index in [1.54, 1.807) is 0 Å². The van der Waals surface area contributed by atoms with Gasteiger partial charge in [-0.1, -0.05) is 0 Å². The smallest absolute Gasteiger partial charge is 0.406 e. The zero-order valence-electron chi connectivity index (χ0n) is 14.3. The van der Waals surface area contributed by atoms with Gasteiger partial charge in [0.25, 0.3) is 11.0 Å². The van der Waals surface area contributed by atoms with Gasteiger partial charge in [0.15, 0.2) is 0 Å². The Morgan fingerprint density at radius 2 is 2.07 bits per heavy atom. The lowest BCUT2D eigenvalue weighted by Crippen LogP contribution is -2.42. The summed E-state index contributed by atoms with van der Waals surface area (Å²) in [5.41, 5.74) is 5.36. The van der Waals surface area contributed by atoms with Crippen molar-refractivity contribution in [3.05, 3.63) is 33.9 Å². The lowest BCUT2D eigenvalue weighted by atomic mass is 10.1. The first kappa shape index (κ1) is 22.8. The average Bonchev–Trinajstić information content (AvgIpc) is 3.05. The molecule has 6 N–H and O–H groups in total. The Morgan fingerprint density at radius 1 is 1.43 bits per heavy atom. The topological polar surface area (TPSA) is 169 Å². The average molecular weight is 409 g/mol. The molecular weight excluding hydrogens is 391 g/mol. The number of ether oxygens (including phenoxy) is 1. The number of rotatable bonds is 5. The quantitative estimate of drug-likeness (QED) is 0.258. The Morgan fingerprint density at radius 3 is 2.61 bits per heavy atom. The third-order valence-corrected chi connectivity index (χ3v) is 3.34. The zero-order chi connectivity index (χ0) is 21.3. The second-order valence-corrected chi connectivity index (χ2v) is 5.47. The van der Waals surface area contributed by atoms with Crippen LogP contribution < -0.4 is 26.4 Å². The van der Waals surface area contributed by atoms with Gasteiger partial charge in [0.2, 0.25) is 5.91 Å². The molecule has 0 aliphatic carbocycles. The van der Waals surface area contributed by atoms with Gasteiger partial charge >= 0.3 is 6.36 Å². The molecule has 1 aliphatic rings. The van der Waals surface area contributed by atoms with E-state index in [2.05, 4.69) is 20.7 Å². The zero-order valence-corrected chi connectivity index (χ0v) is 14.3. The summed E-state index contributed by atoms with van der Waals surface area (Å²) in [6.45, 7) is 1.16. The highest BCUT2D eigenvalue weighted by Crippen LogP contribution is 2.26. The predicted octanol–water partition coefficient (Wildman–Crippen LogP) is 0.0276. The number of anilines is 1. The van der Waals surface area contributed by atoms with E-state index in [-0.39, 0.29) is 23.8 Å². The van der Waals surface area contributed by atoms with Crippen molar-refractivity contribution in [2.45, 2.75) is 18.8 Å². The highest BCUT2D eigenvalue weighted by molar-refractivity contribution is 6.01. The second kappa shape index (κ2) is 10.1. The maximum Gasteiger partial charge on any atom is 0.573 e. The van der Waals surface area contributed by atoms with Crippen LogP contribution in [0.2, 0.25) is 0 Å². The van der Waals surface area contributed by atoms with Crippen LogP contribution in [0.4, 0.5) is 18.9 Å². The van der Waals surface area contributed by atoms with Crippen LogP contribution in [0.15, 0.2) is 18.2 Å². The van der Waals surface area contributed by atoms with Gasteiger partial charge in [-0.3, -0.25) is 9.59 Å². The molecule has 1 atom stereocenters. The molecule has 1 fully saturated rings. The fraction of sp³-hybridized carbons (Fsp3) is 0.429. The molecule has 2 amide bonds. The molecule has 14 heteroatoms. The fourth-order valence-corrected chi connectivity index (χ4v) is 2.24. The predicted molar refractivity (Wildman–Crippen MR) is 88.1 cm³/mol. The number of nitrogens with zero attached hydrogens (tertiary/aromatic N) is 1. The van der Waals surface area contributed by atoms with Crippen molar-refractivity contribution in [3.63, 3.8) is 0 Å². The van der Waals surface area contributed by atoms with E-state index in [4.69, 9.17) is 21.1 Å². The van der Waals surface area contributed by atoms with Crippen molar-refractivity contribution in [2.24, 2.45) is 0 Å². The first-order valence-electron chi connectivity index (χ1n) is 7.74. The lowest BCUT2D eigenvalue weighted by Gasteiger charge is -2.13. The van der Waals surface area contributed by atoms with Gasteiger partial charge in [0.1, 0.15) is 5.75 Å². The van der Waals surface area contributed by atoms with Crippen molar-refractivity contribution in [2.75, 3.05) is 25.4 Å². The molecular formula is C14H18F3N5O6. The molecule has 0 bridgehead atoms. The highest BCUT2D eigenvalue weighted by atomic mass is 19.4. The summed E-state index contributed by atoms with van der Waals surface area (Å²) in [7, 11) is 0. The van der Waals surface area contributed by atoms with Crippen LogP contribution >= 0.6 is 0 Å². The highest BCUT2D eigenvalue weighted by Gasteiger charge is 2.31. The van der Waals surface area contributed by atoms with E-state index >= 15 is 0 Å². The Kier molecular flexibility index (Phi) is 8.25. The van der Waals surface area contributed by atoms with Crippen molar-refractivity contribution in [1.29, 1.82) is 0 Å². The molecule has 0 saturated carbocycles.